The van der Waals surface area contributed by atoms with Crippen LogP contribution in [0.15, 0.2) is 0 Å². The number of carbonyl (C=O) groups excluding carboxylic acids is 1. The monoisotopic (exact) mass is 182 g/mol. The van der Waals surface area contributed by atoms with Gasteiger partial charge in [0, 0.05) is 6.04 Å². The fourth-order valence-electron chi connectivity index (χ4n) is 1.93. The van der Waals surface area contributed by atoms with Crippen LogP contribution in [0.2, 0.25) is 0 Å². The molecule has 0 bridgehead atoms. The maximum absolute atomic E-state index is 11.6. The number of piperidine rings is 1. The average molecular weight is 182 g/mol. The van der Waals surface area contributed by atoms with Gasteiger partial charge in [-0.3, -0.25) is 4.79 Å². The summed E-state index contributed by atoms with van der Waals surface area (Å²) in [6.07, 6.45) is 7.06. The zero-order chi connectivity index (χ0) is 9.10. The maximum Gasteiger partial charge on any atom is 0.237 e. The van der Waals surface area contributed by atoms with Gasteiger partial charge in [0.15, 0.2) is 0 Å². The minimum Gasteiger partial charge on any atom is -0.352 e. The Hall–Kier alpha value is -0.570. The van der Waals surface area contributed by atoms with Gasteiger partial charge in [-0.05, 0) is 38.6 Å². The lowest BCUT2D eigenvalue weighted by Crippen LogP contribution is -2.51. The molecule has 1 saturated heterocycles. The molecule has 13 heavy (non-hydrogen) atoms. The van der Waals surface area contributed by atoms with Crippen LogP contribution in [-0.2, 0) is 4.79 Å². The van der Waals surface area contributed by atoms with E-state index < -0.39 is 0 Å². The van der Waals surface area contributed by atoms with E-state index in [4.69, 9.17) is 0 Å². The van der Waals surface area contributed by atoms with E-state index in [9.17, 15) is 4.79 Å². The molecule has 1 saturated carbocycles. The van der Waals surface area contributed by atoms with Gasteiger partial charge >= 0.3 is 0 Å². The third kappa shape index (κ3) is 2.21. The van der Waals surface area contributed by atoms with E-state index in [1.807, 2.05) is 0 Å². The second-order valence-electron chi connectivity index (χ2n) is 4.14. The molecule has 2 rings (SSSR count). The van der Waals surface area contributed by atoms with Crippen LogP contribution >= 0.6 is 0 Å². The van der Waals surface area contributed by atoms with Gasteiger partial charge in [-0.25, -0.2) is 0 Å². The summed E-state index contributed by atoms with van der Waals surface area (Å²) in [6.45, 7) is 1.00. The van der Waals surface area contributed by atoms with Crippen LogP contribution in [-0.4, -0.2) is 24.5 Å². The quantitative estimate of drug-likeness (QED) is 0.663. The molecule has 74 valence electrons. The first-order chi connectivity index (χ1) is 6.36. The molecule has 3 nitrogen and oxygen atoms in total. The molecular formula is C10H18N2O. The van der Waals surface area contributed by atoms with Crippen molar-refractivity contribution in [2.45, 2.75) is 50.6 Å². The lowest BCUT2D eigenvalue weighted by Gasteiger charge is -2.30. The predicted octanol–water partition coefficient (Wildman–Crippen LogP) is 0.797. The van der Waals surface area contributed by atoms with Crippen LogP contribution in [0, 0.1) is 0 Å². The molecule has 0 aromatic heterocycles. The van der Waals surface area contributed by atoms with Crippen LogP contribution in [0.4, 0.5) is 0 Å². The van der Waals surface area contributed by atoms with Crippen molar-refractivity contribution in [1.29, 1.82) is 0 Å². The number of nitrogens with one attached hydrogen (secondary N) is 2. The van der Waals surface area contributed by atoms with Gasteiger partial charge in [0.2, 0.25) is 5.91 Å². The molecular weight excluding hydrogens is 164 g/mol. The molecule has 1 aliphatic heterocycles. The molecule has 0 unspecified atom stereocenters. The second kappa shape index (κ2) is 4.09. The van der Waals surface area contributed by atoms with E-state index in [-0.39, 0.29) is 11.9 Å². The van der Waals surface area contributed by atoms with Gasteiger partial charge in [0.1, 0.15) is 0 Å². The van der Waals surface area contributed by atoms with Crippen molar-refractivity contribution in [3.63, 3.8) is 0 Å². The van der Waals surface area contributed by atoms with Gasteiger partial charge < -0.3 is 10.6 Å². The van der Waals surface area contributed by atoms with E-state index in [1.165, 1.54) is 32.1 Å². The highest BCUT2D eigenvalue weighted by Crippen LogP contribution is 2.18. The minimum atomic E-state index is 0.0920. The van der Waals surface area contributed by atoms with E-state index >= 15 is 0 Å². The largest absolute Gasteiger partial charge is 0.352 e. The molecule has 0 spiro atoms. The molecule has 0 aromatic rings. The van der Waals surface area contributed by atoms with Crippen molar-refractivity contribution in [3.05, 3.63) is 0 Å². The Kier molecular flexibility index (Phi) is 2.83. The fourth-order valence-corrected chi connectivity index (χ4v) is 1.93. The van der Waals surface area contributed by atoms with Crippen molar-refractivity contribution in [1.82, 2.24) is 10.6 Å². The van der Waals surface area contributed by atoms with Crippen molar-refractivity contribution < 1.29 is 4.79 Å². The lowest BCUT2D eigenvalue weighted by molar-refractivity contribution is -0.124. The first-order valence-corrected chi connectivity index (χ1v) is 5.40. The summed E-state index contributed by atoms with van der Waals surface area (Å²) < 4.78 is 0. The Morgan fingerprint density at radius 2 is 2.00 bits per heavy atom. The van der Waals surface area contributed by atoms with Crippen LogP contribution in [0.5, 0.6) is 0 Å². The smallest absolute Gasteiger partial charge is 0.237 e. The van der Waals surface area contributed by atoms with E-state index in [0.29, 0.717) is 6.04 Å². The molecule has 1 aliphatic carbocycles. The van der Waals surface area contributed by atoms with Crippen LogP contribution in [0.25, 0.3) is 0 Å². The number of carbonyl (C=O) groups is 1. The molecule has 0 radical (unpaired) electrons. The molecule has 3 heteroatoms. The highest BCUT2D eigenvalue weighted by molar-refractivity contribution is 5.82. The van der Waals surface area contributed by atoms with E-state index in [0.717, 1.165) is 13.0 Å². The van der Waals surface area contributed by atoms with Gasteiger partial charge in [-0.15, -0.1) is 0 Å². The van der Waals surface area contributed by atoms with Crippen molar-refractivity contribution >= 4 is 5.91 Å². The molecule has 2 N–H and O–H groups in total. The third-order valence-electron chi connectivity index (χ3n) is 3.08. The standard InChI is InChI=1S/C10H18N2O/c13-10(12-8-4-3-5-8)9-6-1-2-7-11-9/h8-9,11H,1-7H2,(H,12,13)/t9-/m1/s1. The van der Waals surface area contributed by atoms with Gasteiger partial charge in [0.25, 0.3) is 0 Å². The van der Waals surface area contributed by atoms with Crippen molar-refractivity contribution in [3.8, 4) is 0 Å². The summed E-state index contributed by atoms with van der Waals surface area (Å²) >= 11 is 0. The van der Waals surface area contributed by atoms with Crippen molar-refractivity contribution in [2.75, 3.05) is 6.54 Å². The summed E-state index contributed by atoms with van der Waals surface area (Å²) in [4.78, 5) is 11.6. The molecule has 1 amide bonds. The molecule has 2 fully saturated rings. The number of hydrogen-bond donors (Lipinski definition) is 2. The van der Waals surface area contributed by atoms with Crippen LogP contribution in [0.3, 0.4) is 0 Å². The summed E-state index contributed by atoms with van der Waals surface area (Å²) in [5, 5.41) is 6.34. The Morgan fingerprint density at radius 1 is 1.15 bits per heavy atom. The highest BCUT2D eigenvalue weighted by atomic mass is 16.2. The topological polar surface area (TPSA) is 41.1 Å². The molecule has 1 atom stereocenters. The predicted molar refractivity (Wildman–Crippen MR) is 51.4 cm³/mol. The molecule has 0 aromatic carbocycles. The number of amides is 1. The average Bonchev–Trinajstić information content (AvgIpc) is 2.12. The Morgan fingerprint density at radius 3 is 2.54 bits per heavy atom. The van der Waals surface area contributed by atoms with Gasteiger partial charge in [0.05, 0.1) is 6.04 Å². The van der Waals surface area contributed by atoms with Crippen molar-refractivity contribution in [2.24, 2.45) is 0 Å². The summed E-state index contributed by atoms with van der Waals surface area (Å²) in [7, 11) is 0. The van der Waals surface area contributed by atoms with Crippen LogP contribution < -0.4 is 10.6 Å². The minimum absolute atomic E-state index is 0.0920. The highest BCUT2D eigenvalue weighted by Gasteiger charge is 2.25. The SMILES string of the molecule is O=C(NC1CCC1)[C@H]1CCCCN1. The summed E-state index contributed by atoms with van der Waals surface area (Å²) in [6, 6.07) is 0.575. The van der Waals surface area contributed by atoms with E-state index in [1.54, 1.807) is 0 Å². The first kappa shape index (κ1) is 9.00. The Balaban J connectivity index is 1.74. The number of hydrogen-bond acceptors (Lipinski definition) is 2. The maximum atomic E-state index is 11.6. The van der Waals surface area contributed by atoms with E-state index in [2.05, 4.69) is 10.6 Å². The zero-order valence-corrected chi connectivity index (χ0v) is 8.01. The van der Waals surface area contributed by atoms with Crippen LogP contribution in [0.1, 0.15) is 38.5 Å². The Labute approximate surface area is 79.3 Å². The molecule has 1 heterocycles. The zero-order valence-electron chi connectivity index (χ0n) is 8.01. The second-order valence-corrected chi connectivity index (χ2v) is 4.14. The molecule has 2 aliphatic rings. The third-order valence-corrected chi connectivity index (χ3v) is 3.08. The lowest BCUT2D eigenvalue weighted by atomic mass is 9.92. The van der Waals surface area contributed by atoms with Gasteiger partial charge in [-0.1, -0.05) is 6.42 Å². The number of rotatable bonds is 2. The fraction of sp³-hybridized carbons (Fsp3) is 0.900. The normalized spacial score (nSPS) is 29.4. The summed E-state index contributed by atoms with van der Waals surface area (Å²) in [5.74, 6) is 0.226. The first-order valence-electron chi connectivity index (χ1n) is 5.40. The van der Waals surface area contributed by atoms with Gasteiger partial charge in [-0.2, -0.15) is 0 Å². The summed E-state index contributed by atoms with van der Waals surface area (Å²) in [5.41, 5.74) is 0. The Bertz CT molecular complexity index is 183.